The molecule has 0 aliphatic heterocycles. The van der Waals surface area contributed by atoms with Gasteiger partial charge in [-0.2, -0.15) is 0 Å². The topological polar surface area (TPSA) is 83.1 Å². The van der Waals surface area contributed by atoms with Crippen LogP contribution in [0.25, 0.3) is 0 Å². The lowest BCUT2D eigenvalue weighted by Gasteiger charge is -2.18. The van der Waals surface area contributed by atoms with Gasteiger partial charge in [-0.25, -0.2) is 0 Å². The highest BCUT2D eigenvalue weighted by Gasteiger charge is 2.38. The molecule has 0 saturated carbocycles. The number of rotatable bonds is 9. The van der Waals surface area contributed by atoms with Crippen molar-refractivity contribution in [1.82, 2.24) is 0 Å². The maximum atomic E-state index is 5.41. The molecule has 0 saturated heterocycles. The number of benzene rings is 1. The van der Waals surface area contributed by atoms with Gasteiger partial charge < -0.3 is 39.8 Å². The first kappa shape index (κ1) is 29.2. The van der Waals surface area contributed by atoms with Gasteiger partial charge in [0.1, 0.15) is 0 Å². The van der Waals surface area contributed by atoms with Crippen LogP contribution < -0.4 is 0 Å². The van der Waals surface area contributed by atoms with E-state index in [0.717, 1.165) is 0 Å². The van der Waals surface area contributed by atoms with E-state index in [0.29, 0.717) is 16.7 Å². The Balaban J connectivity index is 3.80. The van der Waals surface area contributed by atoms with Gasteiger partial charge >= 0.3 is 26.4 Å². The van der Waals surface area contributed by atoms with Gasteiger partial charge in [0.05, 0.1) is 5.56 Å². The molecule has 0 fully saturated rings. The van der Waals surface area contributed by atoms with E-state index in [-0.39, 0.29) is 0 Å². The number of hydrogen-bond acceptors (Lipinski definition) is 9. The van der Waals surface area contributed by atoms with Crippen LogP contribution in [0.4, 0.5) is 0 Å². The van der Waals surface area contributed by atoms with Crippen LogP contribution in [0.3, 0.4) is 0 Å². The summed E-state index contributed by atoms with van der Waals surface area (Å²) in [6.45, 7) is 0. The van der Waals surface area contributed by atoms with Crippen LogP contribution in [-0.4, -0.2) is 90.4 Å². The minimum atomic E-state index is -3.19. The summed E-state index contributed by atoms with van der Waals surface area (Å²) in [7, 11) is 3.84. The predicted molar refractivity (Wildman–Crippen MR) is 127 cm³/mol. The highest BCUT2D eigenvalue weighted by molar-refractivity contribution is 6.70. The fraction of sp³-hybridized carbons (Fsp3) is 0.429. The smallest absolute Gasteiger partial charge is 0.367 e. The summed E-state index contributed by atoms with van der Waals surface area (Å²) in [6.07, 6.45) is 0. The molecule has 0 amide bonds. The second-order valence-corrected chi connectivity index (χ2v) is 13.7. The van der Waals surface area contributed by atoms with Crippen LogP contribution in [0.2, 0.25) is 0 Å². The highest BCUT2D eigenvalue weighted by atomic mass is 28.4. The average molecular weight is 511 g/mol. The van der Waals surface area contributed by atoms with Crippen LogP contribution in [-0.2, 0) is 39.8 Å². The Morgan fingerprint density at radius 1 is 0.455 bits per heavy atom. The molecule has 0 heterocycles. The van der Waals surface area contributed by atoms with Crippen LogP contribution >= 0.6 is 0 Å². The Kier molecular flexibility index (Phi) is 12.2. The molecule has 0 aromatic heterocycles. The standard InChI is InChI=1S/C21H30O9Si3/c1-22-31(23-2,24-3)16-13-19-11-10-12-20(14-17-32(25-4,26-5)27-6)21(19)15-18-33(28-7,29-8)30-9/h10-12H,1-9H3. The molecule has 180 valence electrons. The van der Waals surface area contributed by atoms with Crippen molar-refractivity contribution in [1.29, 1.82) is 0 Å². The molecular formula is C21H30O9Si3. The van der Waals surface area contributed by atoms with E-state index in [9.17, 15) is 0 Å². The lowest BCUT2D eigenvalue weighted by molar-refractivity contribution is 0.141. The number of hydrogen-bond donors (Lipinski definition) is 0. The summed E-state index contributed by atoms with van der Waals surface area (Å²) in [6, 6.07) is 5.40. The molecule has 0 spiro atoms. The predicted octanol–water partition coefficient (Wildman–Crippen LogP) is 0.993. The van der Waals surface area contributed by atoms with Gasteiger partial charge in [-0.05, 0) is 28.8 Å². The molecule has 0 aliphatic carbocycles. The summed E-state index contributed by atoms with van der Waals surface area (Å²) in [4.78, 5) is 0. The Morgan fingerprint density at radius 2 is 0.727 bits per heavy atom. The van der Waals surface area contributed by atoms with E-state index < -0.39 is 26.4 Å². The summed E-state index contributed by atoms with van der Waals surface area (Å²) in [5, 5.41) is 0. The molecular weight excluding hydrogens is 480 g/mol. The van der Waals surface area contributed by atoms with E-state index in [2.05, 4.69) is 34.4 Å². The molecule has 1 rings (SSSR count). The second-order valence-electron chi connectivity index (χ2n) is 5.98. The lowest BCUT2D eigenvalue weighted by Crippen LogP contribution is -2.41. The largest absolute Gasteiger partial charge is 0.591 e. The summed E-state index contributed by atoms with van der Waals surface area (Å²) in [5.74, 6) is 9.18. The minimum absolute atomic E-state index is 0.526. The highest BCUT2D eigenvalue weighted by Crippen LogP contribution is 2.16. The first-order valence-electron chi connectivity index (χ1n) is 9.51. The molecule has 0 unspecified atom stereocenters. The van der Waals surface area contributed by atoms with Crippen molar-refractivity contribution >= 4 is 26.4 Å². The Hall–Kier alpha value is -1.81. The summed E-state index contributed by atoms with van der Waals surface area (Å²) < 4.78 is 48.6. The Labute approximate surface area is 199 Å². The third-order valence-electron chi connectivity index (χ3n) is 4.52. The van der Waals surface area contributed by atoms with Gasteiger partial charge in [-0.3, -0.25) is 0 Å². The van der Waals surface area contributed by atoms with Gasteiger partial charge in [-0.1, -0.05) is 23.8 Å². The van der Waals surface area contributed by atoms with Crippen molar-refractivity contribution in [3.63, 3.8) is 0 Å². The van der Waals surface area contributed by atoms with Crippen molar-refractivity contribution in [2.75, 3.05) is 64.0 Å². The van der Waals surface area contributed by atoms with Crippen molar-refractivity contribution in [3.8, 4) is 34.4 Å². The SMILES string of the molecule is CO[Si](C#Cc1cccc(C#C[Si](OC)(OC)OC)c1C#C[Si](OC)(OC)OC)(OC)OC. The van der Waals surface area contributed by atoms with E-state index in [1.54, 1.807) is 18.2 Å². The van der Waals surface area contributed by atoms with Gasteiger partial charge in [0, 0.05) is 75.1 Å². The van der Waals surface area contributed by atoms with Crippen LogP contribution in [0.15, 0.2) is 18.2 Å². The molecule has 0 aliphatic rings. The third kappa shape index (κ3) is 7.34. The molecule has 12 heteroatoms. The average Bonchev–Trinajstić information content (AvgIpc) is 2.88. The monoisotopic (exact) mass is 510 g/mol. The normalized spacial score (nSPS) is 11.5. The summed E-state index contributed by atoms with van der Waals surface area (Å²) >= 11 is 0. The first-order valence-corrected chi connectivity index (χ1v) is 14.7. The van der Waals surface area contributed by atoms with Gasteiger partial charge in [-0.15, -0.1) is 0 Å². The molecule has 0 N–H and O–H groups in total. The zero-order chi connectivity index (χ0) is 25.0. The van der Waals surface area contributed by atoms with Gasteiger partial charge in [0.25, 0.3) is 0 Å². The van der Waals surface area contributed by atoms with E-state index in [1.807, 2.05) is 0 Å². The zero-order valence-electron chi connectivity index (χ0n) is 20.4. The third-order valence-corrected chi connectivity index (χ3v) is 10.7. The van der Waals surface area contributed by atoms with Gasteiger partial charge in [0.2, 0.25) is 0 Å². The van der Waals surface area contributed by atoms with Crippen molar-refractivity contribution in [3.05, 3.63) is 34.9 Å². The minimum Gasteiger partial charge on any atom is -0.367 e. The summed E-state index contributed by atoms with van der Waals surface area (Å²) in [5.41, 5.74) is 10.6. The van der Waals surface area contributed by atoms with Crippen LogP contribution in [0, 0.1) is 34.4 Å². The fourth-order valence-corrected chi connectivity index (χ4v) is 5.80. The molecule has 33 heavy (non-hydrogen) atoms. The Morgan fingerprint density at radius 3 is 1.00 bits per heavy atom. The quantitative estimate of drug-likeness (QED) is 0.357. The maximum Gasteiger partial charge on any atom is 0.591 e. The van der Waals surface area contributed by atoms with Crippen molar-refractivity contribution < 1.29 is 39.8 Å². The molecule has 1 aromatic carbocycles. The fourth-order valence-electron chi connectivity index (χ4n) is 2.53. The van der Waals surface area contributed by atoms with Crippen molar-refractivity contribution in [2.45, 2.75) is 0 Å². The van der Waals surface area contributed by atoms with E-state index in [4.69, 9.17) is 39.8 Å². The second kappa shape index (κ2) is 13.8. The lowest BCUT2D eigenvalue weighted by atomic mass is 10.0. The zero-order valence-corrected chi connectivity index (χ0v) is 23.4. The molecule has 0 bridgehead atoms. The van der Waals surface area contributed by atoms with Crippen LogP contribution in [0.1, 0.15) is 16.7 Å². The molecule has 0 atom stereocenters. The van der Waals surface area contributed by atoms with E-state index >= 15 is 0 Å². The van der Waals surface area contributed by atoms with Gasteiger partial charge in [0.15, 0.2) is 0 Å². The Bertz CT molecular complexity index is 873. The molecule has 9 nitrogen and oxygen atoms in total. The van der Waals surface area contributed by atoms with Crippen molar-refractivity contribution in [2.24, 2.45) is 0 Å². The maximum absolute atomic E-state index is 5.41. The van der Waals surface area contributed by atoms with E-state index in [1.165, 1.54) is 64.0 Å². The first-order chi connectivity index (χ1) is 15.8. The molecule has 1 aromatic rings. The van der Waals surface area contributed by atoms with Crippen LogP contribution in [0.5, 0.6) is 0 Å². The molecule has 0 radical (unpaired) electrons.